The fourth-order valence-corrected chi connectivity index (χ4v) is 3.57. The SMILES string of the molecule is CCCN(Cc1ccc(C#N)cc1)C(=O)CC(c1ccccc1)c1ccccc1. The van der Waals surface area contributed by atoms with E-state index < -0.39 is 0 Å². The van der Waals surface area contributed by atoms with Crippen LogP contribution in [-0.2, 0) is 11.3 Å². The van der Waals surface area contributed by atoms with E-state index in [1.165, 1.54) is 0 Å². The minimum absolute atomic E-state index is 0.0326. The fourth-order valence-electron chi connectivity index (χ4n) is 3.57. The summed E-state index contributed by atoms with van der Waals surface area (Å²) in [5.74, 6) is 0.180. The van der Waals surface area contributed by atoms with Crippen molar-refractivity contribution >= 4 is 5.91 Å². The maximum absolute atomic E-state index is 13.3. The van der Waals surface area contributed by atoms with Gasteiger partial charge < -0.3 is 4.90 Å². The average molecular weight is 383 g/mol. The van der Waals surface area contributed by atoms with E-state index in [4.69, 9.17) is 5.26 Å². The molecular formula is C26H26N2O. The molecule has 0 saturated carbocycles. The van der Waals surface area contributed by atoms with Crippen LogP contribution >= 0.6 is 0 Å². The lowest BCUT2D eigenvalue weighted by Crippen LogP contribution is -2.32. The van der Waals surface area contributed by atoms with Crippen molar-refractivity contribution < 1.29 is 4.79 Å². The molecule has 0 unspecified atom stereocenters. The first-order valence-corrected chi connectivity index (χ1v) is 10.1. The molecule has 3 aromatic carbocycles. The number of rotatable bonds is 8. The number of amides is 1. The fraction of sp³-hybridized carbons (Fsp3) is 0.231. The third-order valence-corrected chi connectivity index (χ3v) is 5.09. The van der Waals surface area contributed by atoms with Crippen molar-refractivity contribution in [3.8, 4) is 6.07 Å². The Kier molecular flexibility index (Phi) is 7.19. The lowest BCUT2D eigenvalue weighted by Gasteiger charge is -2.26. The molecule has 0 aliphatic heterocycles. The Morgan fingerprint density at radius 2 is 1.45 bits per heavy atom. The first kappa shape index (κ1) is 20.4. The van der Waals surface area contributed by atoms with Crippen molar-refractivity contribution in [2.45, 2.75) is 32.2 Å². The summed E-state index contributed by atoms with van der Waals surface area (Å²) in [6.45, 7) is 3.37. The molecule has 0 bridgehead atoms. The molecule has 146 valence electrons. The molecule has 3 aromatic rings. The predicted octanol–water partition coefficient (Wildman–Crippen LogP) is 5.52. The minimum Gasteiger partial charge on any atom is -0.338 e. The zero-order valence-electron chi connectivity index (χ0n) is 16.8. The smallest absolute Gasteiger partial charge is 0.223 e. The predicted molar refractivity (Wildman–Crippen MR) is 116 cm³/mol. The van der Waals surface area contributed by atoms with Crippen LogP contribution in [0.4, 0.5) is 0 Å². The van der Waals surface area contributed by atoms with Crippen molar-refractivity contribution in [2.24, 2.45) is 0 Å². The summed E-state index contributed by atoms with van der Waals surface area (Å²) < 4.78 is 0. The summed E-state index contributed by atoms with van der Waals surface area (Å²) in [5.41, 5.74) is 3.99. The van der Waals surface area contributed by atoms with Crippen molar-refractivity contribution in [3.05, 3.63) is 107 Å². The molecule has 1 amide bonds. The normalized spacial score (nSPS) is 10.5. The zero-order chi connectivity index (χ0) is 20.5. The average Bonchev–Trinajstić information content (AvgIpc) is 2.78. The quantitative estimate of drug-likeness (QED) is 0.515. The Morgan fingerprint density at radius 3 is 1.93 bits per heavy atom. The van der Waals surface area contributed by atoms with Gasteiger partial charge in [0.1, 0.15) is 0 Å². The van der Waals surface area contributed by atoms with E-state index in [2.05, 4.69) is 37.3 Å². The second-order valence-corrected chi connectivity index (χ2v) is 7.20. The molecular weight excluding hydrogens is 356 g/mol. The molecule has 3 rings (SSSR count). The van der Waals surface area contributed by atoms with Crippen LogP contribution in [0, 0.1) is 11.3 Å². The number of hydrogen-bond donors (Lipinski definition) is 0. The molecule has 0 atom stereocenters. The van der Waals surface area contributed by atoms with Crippen LogP contribution in [-0.4, -0.2) is 17.4 Å². The minimum atomic E-state index is 0.0326. The molecule has 0 fully saturated rings. The van der Waals surface area contributed by atoms with Crippen LogP contribution in [0.2, 0.25) is 0 Å². The van der Waals surface area contributed by atoms with Gasteiger partial charge in [-0.3, -0.25) is 4.79 Å². The lowest BCUT2D eigenvalue weighted by atomic mass is 9.88. The van der Waals surface area contributed by atoms with Crippen LogP contribution in [0.25, 0.3) is 0 Å². The van der Waals surface area contributed by atoms with Gasteiger partial charge in [0, 0.05) is 25.4 Å². The van der Waals surface area contributed by atoms with E-state index >= 15 is 0 Å². The monoisotopic (exact) mass is 382 g/mol. The summed E-state index contributed by atoms with van der Waals surface area (Å²) in [6, 6.07) is 30.1. The van der Waals surface area contributed by atoms with Crippen LogP contribution in [0.3, 0.4) is 0 Å². The standard InChI is InChI=1S/C26H26N2O/c1-2-17-28(20-22-15-13-21(19-27)14-16-22)26(29)18-25(23-9-5-3-6-10-23)24-11-7-4-8-12-24/h3-16,25H,2,17-18,20H2,1H3. The van der Waals surface area contributed by atoms with Crippen molar-refractivity contribution in [1.82, 2.24) is 4.90 Å². The summed E-state index contributed by atoms with van der Waals surface area (Å²) >= 11 is 0. The van der Waals surface area contributed by atoms with Gasteiger partial charge in [-0.25, -0.2) is 0 Å². The van der Waals surface area contributed by atoms with Gasteiger partial charge in [0.2, 0.25) is 5.91 Å². The maximum Gasteiger partial charge on any atom is 0.223 e. The van der Waals surface area contributed by atoms with E-state index in [0.717, 1.165) is 29.7 Å². The number of benzene rings is 3. The van der Waals surface area contributed by atoms with Crippen molar-refractivity contribution in [1.29, 1.82) is 5.26 Å². The van der Waals surface area contributed by atoms with Crippen LogP contribution < -0.4 is 0 Å². The number of carbonyl (C=O) groups is 1. The maximum atomic E-state index is 13.3. The van der Waals surface area contributed by atoms with Crippen LogP contribution in [0.5, 0.6) is 0 Å². The second-order valence-electron chi connectivity index (χ2n) is 7.20. The molecule has 3 heteroatoms. The number of hydrogen-bond acceptors (Lipinski definition) is 2. The number of nitriles is 1. The van der Waals surface area contributed by atoms with Gasteiger partial charge in [0.15, 0.2) is 0 Å². The van der Waals surface area contributed by atoms with E-state index in [1.54, 1.807) is 12.1 Å². The molecule has 3 nitrogen and oxygen atoms in total. The molecule has 0 N–H and O–H groups in total. The summed E-state index contributed by atoms with van der Waals surface area (Å²) in [6.07, 6.45) is 1.34. The first-order valence-electron chi connectivity index (χ1n) is 10.1. The molecule has 0 radical (unpaired) electrons. The van der Waals surface area contributed by atoms with Crippen LogP contribution in [0.1, 0.15) is 47.9 Å². The molecule has 0 aliphatic rings. The molecule has 0 aromatic heterocycles. The van der Waals surface area contributed by atoms with Crippen molar-refractivity contribution in [3.63, 3.8) is 0 Å². The third-order valence-electron chi connectivity index (χ3n) is 5.09. The van der Waals surface area contributed by atoms with Crippen molar-refractivity contribution in [2.75, 3.05) is 6.54 Å². The van der Waals surface area contributed by atoms with E-state index in [-0.39, 0.29) is 11.8 Å². The van der Waals surface area contributed by atoms with E-state index in [1.807, 2.05) is 53.4 Å². The molecule has 0 saturated heterocycles. The Labute approximate surface area is 173 Å². The first-order chi connectivity index (χ1) is 14.2. The molecule has 29 heavy (non-hydrogen) atoms. The third kappa shape index (κ3) is 5.56. The highest BCUT2D eigenvalue weighted by atomic mass is 16.2. The number of nitrogens with zero attached hydrogens (tertiary/aromatic N) is 2. The van der Waals surface area contributed by atoms with Gasteiger partial charge >= 0.3 is 0 Å². The Bertz CT molecular complexity index is 904. The summed E-state index contributed by atoms with van der Waals surface area (Å²) in [5, 5.41) is 8.98. The largest absolute Gasteiger partial charge is 0.338 e. The molecule has 0 spiro atoms. The van der Waals surface area contributed by atoms with Crippen LogP contribution in [0.15, 0.2) is 84.9 Å². The van der Waals surface area contributed by atoms with E-state index in [9.17, 15) is 4.79 Å². The highest BCUT2D eigenvalue weighted by molar-refractivity contribution is 5.78. The molecule has 0 heterocycles. The lowest BCUT2D eigenvalue weighted by molar-refractivity contribution is -0.132. The zero-order valence-corrected chi connectivity index (χ0v) is 16.8. The Morgan fingerprint density at radius 1 is 0.897 bits per heavy atom. The summed E-state index contributed by atoms with van der Waals surface area (Å²) in [7, 11) is 0. The Balaban J connectivity index is 1.81. The van der Waals surface area contributed by atoms with Gasteiger partial charge in [0.05, 0.1) is 11.6 Å². The van der Waals surface area contributed by atoms with Gasteiger partial charge in [0.25, 0.3) is 0 Å². The van der Waals surface area contributed by atoms with Gasteiger partial charge in [-0.15, -0.1) is 0 Å². The van der Waals surface area contributed by atoms with Gasteiger partial charge in [-0.05, 0) is 35.2 Å². The molecule has 0 aliphatic carbocycles. The topological polar surface area (TPSA) is 44.1 Å². The van der Waals surface area contributed by atoms with E-state index in [0.29, 0.717) is 18.5 Å². The van der Waals surface area contributed by atoms with Gasteiger partial charge in [-0.1, -0.05) is 79.7 Å². The Hall–Kier alpha value is -3.38. The van der Waals surface area contributed by atoms with Gasteiger partial charge in [-0.2, -0.15) is 5.26 Å². The second kappa shape index (κ2) is 10.2. The highest BCUT2D eigenvalue weighted by Gasteiger charge is 2.22. The summed E-state index contributed by atoms with van der Waals surface area (Å²) in [4.78, 5) is 15.2. The highest BCUT2D eigenvalue weighted by Crippen LogP contribution is 2.29. The number of carbonyl (C=O) groups excluding carboxylic acids is 1.